The van der Waals surface area contributed by atoms with Gasteiger partial charge in [-0.2, -0.15) is 5.26 Å². The molecule has 0 atom stereocenters. The molecule has 0 unspecified atom stereocenters. The average molecular weight is 464 g/mol. The molecule has 0 amide bonds. The number of benzene rings is 3. The zero-order valence-corrected chi connectivity index (χ0v) is 19.8. The summed E-state index contributed by atoms with van der Waals surface area (Å²) in [5.74, 6) is -1.12. The molecule has 178 valence electrons. The van der Waals surface area contributed by atoms with Gasteiger partial charge in [0.1, 0.15) is 29.1 Å². The number of rotatable bonds is 8. The molecule has 0 bridgehead atoms. The minimum atomic E-state index is -0.982. The molecule has 1 nitrogen and oxygen atoms in total. The fourth-order valence-corrected chi connectivity index (χ4v) is 5.44. The Labute approximate surface area is 200 Å². The van der Waals surface area contributed by atoms with Gasteiger partial charge in [0.2, 0.25) is 0 Å². The first-order chi connectivity index (χ1) is 16.5. The smallest absolute Gasteiger partial charge is 0.144 e. The highest BCUT2D eigenvalue weighted by atomic mass is 19.1. The Morgan fingerprint density at radius 2 is 1.56 bits per heavy atom. The average Bonchev–Trinajstić information content (AvgIpc) is 2.84. The van der Waals surface area contributed by atoms with Crippen molar-refractivity contribution in [3.8, 4) is 17.2 Å². The van der Waals surface area contributed by atoms with Gasteiger partial charge in [0.15, 0.2) is 0 Å². The van der Waals surface area contributed by atoms with Crippen LogP contribution in [0.15, 0.2) is 42.5 Å². The summed E-state index contributed by atoms with van der Waals surface area (Å²) < 4.78 is 43.4. The van der Waals surface area contributed by atoms with Crippen LogP contribution in [0.25, 0.3) is 21.9 Å². The molecular weight excluding hydrogens is 431 g/mol. The predicted octanol–water partition coefficient (Wildman–Crippen LogP) is 9.43. The van der Waals surface area contributed by atoms with Crippen LogP contribution >= 0.6 is 0 Å². The summed E-state index contributed by atoms with van der Waals surface area (Å²) in [6.07, 6.45) is 12.9. The van der Waals surface area contributed by atoms with Crippen LogP contribution in [-0.2, 0) is 0 Å². The van der Waals surface area contributed by atoms with Gasteiger partial charge in [0, 0.05) is 10.9 Å². The molecular formula is C30H32F3N. The molecule has 0 heterocycles. The Balaban J connectivity index is 1.46. The van der Waals surface area contributed by atoms with E-state index in [0.717, 1.165) is 23.4 Å². The summed E-state index contributed by atoms with van der Waals surface area (Å²) in [6, 6.07) is 12.8. The summed E-state index contributed by atoms with van der Waals surface area (Å²) in [4.78, 5) is 0. The lowest BCUT2D eigenvalue weighted by molar-refractivity contribution is 0.302. The van der Waals surface area contributed by atoms with Gasteiger partial charge in [-0.15, -0.1) is 0 Å². The van der Waals surface area contributed by atoms with Gasteiger partial charge in [-0.1, -0.05) is 75.8 Å². The Morgan fingerprint density at radius 3 is 2.24 bits per heavy atom. The highest BCUT2D eigenvalue weighted by Crippen LogP contribution is 2.39. The molecule has 4 rings (SSSR count). The molecule has 4 heteroatoms. The van der Waals surface area contributed by atoms with E-state index in [1.165, 1.54) is 75.8 Å². The summed E-state index contributed by atoms with van der Waals surface area (Å²) in [6.45, 7) is 2.25. The normalized spacial score (nSPS) is 18.2. The van der Waals surface area contributed by atoms with Crippen LogP contribution in [0.3, 0.4) is 0 Å². The maximum atomic E-state index is 15.3. The third-order valence-electron chi connectivity index (χ3n) is 7.48. The minimum absolute atomic E-state index is 0.0884. The van der Waals surface area contributed by atoms with Crippen molar-refractivity contribution >= 4 is 10.8 Å². The molecule has 1 saturated carbocycles. The molecule has 3 aromatic rings. The summed E-state index contributed by atoms with van der Waals surface area (Å²) in [5, 5.41) is 10.1. The molecule has 0 aliphatic heterocycles. The van der Waals surface area contributed by atoms with Gasteiger partial charge in [-0.05, 0) is 66.2 Å². The number of nitrogens with zero attached hydrogens (tertiary/aromatic N) is 1. The lowest BCUT2D eigenvalue weighted by Gasteiger charge is -2.29. The Morgan fingerprint density at radius 1 is 0.853 bits per heavy atom. The quantitative estimate of drug-likeness (QED) is 0.305. The van der Waals surface area contributed by atoms with E-state index < -0.39 is 23.0 Å². The molecule has 1 aliphatic rings. The first-order valence-corrected chi connectivity index (χ1v) is 12.6. The molecule has 0 N–H and O–H groups in total. The zero-order chi connectivity index (χ0) is 24.1. The largest absolute Gasteiger partial charge is 0.206 e. The van der Waals surface area contributed by atoms with Crippen molar-refractivity contribution in [2.24, 2.45) is 5.92 Å². The van der Waals surface area contributed by atoms with E-state index in [4.69, 9.17) is 5.26 Å². The fraction of sp³-hybridized carbons (Fsp3) is 0.433. The predicted molar refractivity (Wildman–Crippen MR) is 132 cm³/mol. The van der Waals surface area contributed by atoms with Crippen molar-refractivity contribution in [1.29, 1.82) is 5.26 Å². The molecule has 0 spiro atoms. The van der Waals surface area contributed by atoms with Gasteiger partial charge in [0.25, 0.3) is 0 Å². The van der Waals surface area contributed by atoms with E-state index >= 15 is 4.39 Å². The number of halogens is 3. The van der Waals surface area contributed by atoms with Crippen molar-refractivity contribution in [2.45, 2.75) is 77.0 Å². The molecule has 34 heavy (non-hydrogen) atoms. The van der Waals surface area contributed by atoms with Crippen LogP contribution in [0, 0.1) is 34.7 Å². The first-order valence-electron chi connectivity index (χ1n) is 12.6. The number of nitriles is 1. The number of hydrogen-bond acceptors (Lipinski definition) is 1. The highest BCUT2D eigenvalue weighted by Gasteiger charge is 2.23. The summed E-state index contributed by atoms with van der Waals surface area (Å²) in [7, 11) is 0. The van der Waals surface area contributed by atoms with E-state index in [0.29, 0.717) is 11.3 Å². The van der Waals surface area contributed by atoms with Gasteiger partial charge >= 0.3 is 0 Å². The van der Waals surface area contributed by atoms with Crippen molar-refractivity contribution in [3.63, 3.8) is 0 Å². The fourth-order valence-electron chi connectivity index (χ4n) is 5.44. The molecule has 1 fully saturated rings. The second-order valence-electron chi connectivity index (χ2n) is 9.75. The highest BCUT2D eigenvalue weighted by molar-refractivity contribution is 5.89. The first kappa shape index (κ1) is 24.3. The van der Waals surface area contributed by atoms with Gasteiger partial charge in [-0.3, -0.25) is 0 Å². The van der Waals surface area contributed by atoms with Crippen LogP contribution in [0.2, 0.25) is 0 Å². The lowest BCUT2D eigenvalue weighted by Crippen LogP contribution is -2.13. The SMILES string of the molecule is CCCCCCCC1CCC(c2ccc3c(F)c(-c4cc(F)c(C#N)c(F)c4)ccc3c2)CC1. The van der Waals surface area contributed by atoms with Crippen molar-refractivity contribution < 1.29 is 13.2 Å². The Bertz CT molecular complexity index is 1160. The van der Waals surface area contributed by atoms with E-state index in [2.05, 4.69) is 13.0 Å². The van der Waals surface area contributed by atoms with Crippen LogP contribution < -0.4 is 0 Å². The molecule has 0 aromatic heterocycles. The van der Waals surface area contributed by atoms with E-state index in [-0.39, 0.29) is 11.1 Å². The molecule has 0 radical (unpaired) electrons. The van der Waals surface area contributed by atoms with Gasteiger partial charge < -0.3 is 0 Å². The van der Waals surface area contributed by atoms with Crippen LogP contribution in [0.4, 0.5) is 13.2 Å². The number of unbranched alkanes of at least 4 members (excludes halogenated alkanes) is 4. The minimum Gasteiger partial charge on any atom is -0.206 e. The monoisotopic (exact) mass is 463 g/mol. The van der Waals surface area contributed by atoms with E-state index in [1.54, 1.807) is 12.1 Å². The molecule has 3 aromatic carbocycles. The van der Waals surface area contributed by atoms with Crippen molar-refractivity contribution in [1.82, 2.24) is 0 Å². The molecule has 1 aliphatic carbocycles. The topological polar surface area (TPSA) is 23.8 Å². The molecule has 0 saturated heterocycles. The summed E-state index contributed by atoms with van der Waals surface area (Å²) >= 11 is 0. The van der Waals surface area contributed by atoms with E-state index in [1.807, 2.05) is 12.1 Å². The maximum Gasteiger partial charge on any atom is 0.144 e. The standard InChI is InChI=1S/C30H32F3N/c1-2-3-4-5-6-7-20-8-10-21(11-9-20)22-12-14-25-23(16-22)13-15-26(30(25)33)24-17-28(31)27(19-34)29(32)18-24/h12-18,20-21H,2-11H2,1H3. The Hall–Kier alpha value is -2.80. The maximum absolute atomic E-state index is 15.3. The second-order valence-corrected chi connectivity index (χ2v) is 9.75. The van der Waals surface area contributed by atoms with Crippen molar-refractivity contribution in [2.75, 3.05) is 0 Å². The third-order valence-corrected chi connectivity index (χ3v) is 7.48. The zero-order valence-electron chi connectivity index (χ0n) is 19.8. The summed E-state index contributed by atoms with van der Waals surface area (Å²) in [5.41, 5.74) is 0.810. The van der Waals surface area contributed by atoms with Gasteiger partial charge in [0.05, 0.1) is 0 Å². The third kappa shape index (κ3) is 5.30. The van der Waals surface area contributed by atoms with E-state index in [9.17, 15) is 8.78 Å². The van der Waals surface area contributed by atoms with Crippen LogP contribution in [0.5, 0.6) is 0 Å². The van der Waals surface area contributed by atoms with Crippen LogP contribution in [-0.4, -0.2) is 0 Å². The number of fused-ring (bicyclic) bond motifs is 1. The van der Waals surface area contributed by atoms with Crippen LogP contribution in [0.1, 0.15) is 88.2 Å². The Kier molecular flexibility index (Phi) is 7.93. The van der Waals surface area contributed by atoms with Gasteiger partial charge in [-0.25, -0.2) is 13.2 Å². The number of hydrogen-bond donors (Lipinski definition) is 0. The second kappa shape index (κ2) is 11.1. The van der Waals surface area contributed by atoms with Crippen molar-refractivity contribution in [3.05, 3.63) is 71.0 Å². The lowest BCUT2D eigenvalue weighted by atomic mass is 9.76.